The lowest BCUT2D eigenvalue weighted by molar-refractivity contribution is 0.0526. The fourth-order valence-electron chi connectivity index (χ4n) is 2.35. The van der Waals surface area contributed by atoms with Crippen molar-refractivity contribution in [3.63, 3.8) is 0 Å². The Morgan fingerprint density at radius 2 is 2.07 bits per heavy atom. The van der Waals surface area contributed by atoms with Crippen LogP contribution in [-0.2, 0) is 4.74 Å². The average molecular weight is 439 g/mol. The number of carbonyl (C=O) groups excluding carboxylic acids is 1. The predicted molar refractivity (Wildman–Crippen MR) is 109 cm³/mol. The molecular weight excluding hydrogens is 423 g/mol. The number of halogens is 2. The summed E-state index contributed by atoms with van der Waals surface area (Å²) in [7, 11) is 0. The molecule has 3 heterocycles. The number of aryl methyl sites for hydroxylation is 1. The van der Waals surface area contributed by atoms with Crippen molar-refractivity contribution in [1.82, 2.24) is 24.7 Å². The van der Waals surface area contributed by atoms with Gasteiger partial charge in [0.15, 0.2) is 16.8 Å². The number of hydrogen-bond donors (Lipinski definition) is 1. The van der Waals surface area contributed by atoms with Gasteiger partial charge in [-0.1, -0.05) is 35.0 Å². The van der Waals surface area contributed by atoms with Crippen LogP contribution < -0.4 is 5.32 Å². The van der Waals surface area contributed by atoms with E-state index in [9.17, 15) is 4.79 Å². The first-order valence-corrected chi connectivity index (χ1v) is 10.1. The molecule has 146 valence electrons. The van der Waals surface area contributed by atoms with Crippen molar-refractivity contribution in [2.45, 2.75) is 19.0 Å². The van der Waals surface area contributed by atoms with Gasteiger partial charge in [0.05, 0.1) is 22.3 Å². The highest BCUT2D eigenvalue weighted by atomic mass is 35.5. The van der Waals surface area contributed by atoms with E-state index in [1.165, 1.54) is 28.8 Å². The van der Waals surface area contributed by atoms with E-state index in [1.54, 1.807) is 19.1 Å². The zero-order valence-corrected chi connectivity index (χ0v) is 17.6. The Bertz CT molecular complexity index is 1030. The fourth-order valence-corrected chi connectivity index (χ4v) is 3.15. The summed E-state index contributed by atoms with van der Waals surface area (Å²) in [4.78, 5) is 25.1. The zero-order valence-electron chi connectivity index (χ0n) is 15.2. The number of nitrogens with one attached hydrogen (secondary N) is 1. The van der Waals surface area contributed by atoms with Crippen LogP contribution in [0.5, 0.6) is 0 Å². The van der Waals surface area contributed by atoms with Crippen molar-refractivity contribution in [3.05, 3.63) is 45.8 Å². The normalized spacial score (nSPS) is 10.8. The van der Waals surface area contributed by atoms with Crippen LogP contribution in [0.25, 0.3) is 5.82 Å². The fraction of sp³-hybridized carbons (Fsp3) is 0.235. The second-order valence-electron chi connectivity index (χ2n) is 5.51. The maximum absolute atomic E-state index is 12.3. The quantitative estimate of drug-likeness (QED) is 0.345. The van der Waals surface area contributed by atoms with Crippen LogP contribution >= 0.6 is 35.0 Å². The molecule has 28 heavy (non-hydrogen) atoms. The van der Waals surface area contributed by atoms with Crippen LogP contribution in [0, 0.1) is 6.92 Å². The van der Waals surface area contributed by atoms with E-state index in [2.05, 4.69) is 25.4 Å². The van der Waals surface area contributed by atoms with Gasteiger partial charge < -0.3 is 10.1 Å². The van der Waals surface area contributed by atoms with Crippen molar-refractivity contribution in [2.24, 2.45) is 0 Å². The molecule has 0 fully saturated rings. The highest BCUT2D eigenvalue weighted by molar-refractivity contribution is 7.98. The van der Waals surface area contributed by atoms with Crippen LogP contribution in [0.15, 0.2) is 29.7 Å². The van der Waals surface area contributed by atoms with Crippen molar-refractivity contribution in [2.75, 3.05) is 18.2 Å². The number of thioether (sulfide) groups is 1. The van der Waals surface area contributed by atoms with Gasteiger partial charge in [0.1, 0.15) is 11.4 Å². The van der Waals surface area contributed by atoms with Gasteiger partial charge in [0.25, 0.3) is 0 Å². The van der Waals surface area contributed by atoms with E-state index >= 15 is 0 Å². The summed E-state index contributed by atoms with van der Waals surface area (Å²) in [6.07, 6.45) is 4.75. The molecule has 11 heteroatoms. The summed E-state index contributed by atoms with van der Waals surface area (Å²) in [5.41, 5.74) is 0.923. The minimum atomic E-state index is -0.525. The van der Waals surface area contributed by atoms with E-state index in [1.807, 2.05) is 13.2 Å². The van der Waals surface area contributed by atoms with Gasteiger partial charge >= 0.3 is 5.97 Å². The Balaban J connectivity index is 2.06. The van der Waals surface area contributed by atoms with Gasteiger partial charge in [-0.25, -0.2) is 19.7 Å². The molecule has 0 aliphatic rings. The third-order valence-corrected chi connectivity index (χ3v) is 4.56. The molecule has 0 unspecified atom stereocenters. The van der Waals surface area contributed by atoms with Gasteiger partial charge in [-0.2, -0.15) is 9.78 Å². The summed E-state index contributed by atoms with van der Waals surface area (Å²) in [6, 6.07) is 3.36. The first-order valence-electron chi connectivity index (χ1n) is 8.16. The first-order chi connectivity index (χ1) is 13.4. The minimum Gasteiger partial charge on any atom is -0.462 e. The molecular formula is C17H16Cl2N6O2S. The number of carbonyl (C=O) groups is 1. The standard InChI is InChI=1S/C17H16Cl2N6O2S/c1-4-27-16(26)11-8-21-17(28-3)23-14(11)22-13-5-9(2)24-25(13)15-12(19)6-10(18)7-20-15/h5-8H,4H2,1-3H3,(H,21,22,23). The Morgan fingerprint density at radius 3 is 2.75 bits per heavy atom. The number of nitrogens with zero attached hydrogens (tertiary/aromatic N) is 5. The van der Waals surface area contributed by atoms with Crippen molar-refractivity contribution in [1.29, 1.82) is 0 Å². The number of esters is 1. The van der Waals surface area contributed by atoms with E-state index < -0.39 is 5.97 Å². The molecule has 3 aromatic rings. The van der Waals surface area contributed by atoms with Gasteiger partial charge in [0, 0.05) is 18.5 Å². The lowest BCUT2D eigenvalue weighted by Crippen LogP contribution is -2.12. The Labute approximate surface area is 175 Å². The van der Waals surface area contributed by atoms with E-state index in [4.69, 9.17) is 27.9 Å². The molecule has 0 aliphatic carbocycles. The number of rotatable bonds is 6. The van der Waals surface area contributed by atoms with Gasteiger partial charge in [-0.05, 0) is 26.2 Å². The van der Waals surface area contributed by atoms with Crippen molar-refractivity contribution < 1.29 is 9.53 Å². The third kappa shape index (κ3) is 4.37. The minimum absolute atomic E-state index is 0.209. The third-order valence-electron chi connectivity index (χ3n) is 3.51. The SMILES string of the molecule is CCOC(=O)c1cnc(SC)nc1Nc1cc(C)nn1-c1ncc(Cl)cc1Cl. The lowest BCUT2D eigenvalue weighted by atomic mass is 10.3. The maximum atomic E-state index is 12.3. The van der Waals surface area contributed by atoms with Crippen molar-refractivity contribution in [3.8, 4) is 5.82 Å². The van der Waals surface area contributed by atoms with Gasteiger partial charge in [-0.15, -0.1) is 0 Å². The largest absolute Gasteiger partial charge is 0.462 e. The van der Waals surface area contributed by atoms with Crippen LogP contribution in [0.2, 0.25) is 10.0 Å². The topological polar surface area (TPSA) is 94.8 Å². The Hall–Kier alpha value is -2.36. The van der Waals surface area contributed by atoms with E-state index in [0.717, 1.165) is 0 Å². The van der Waals surface area contributed by atoms with E-state index in [-0.39, 0.29) is 12.2 Å². The number of hydrogen-bond acceptors (Lipinski definition) is 8. The zero-order chi connectivity index (χ0) is 20.3. The van der Waals surface area contributed by atoms with Crippen molar-refractivity contribution >= 4 is 52.6 Å². The van der Waals surface area contributed by atoms with Crippen LogP contribution in [0.1, 0.15) is 23.0 Å². The molecule has 0 saturated heterocycles. The Morgan fingerprint density at radius 1 is 1.29 bits per heavy atom. The number of pyridine rings is 1. The molecule has 0 saturated carbocycles. The second-order valence-corrected chi connectivity index (χ2v) is 7.12. The molecule has 0 radical (unpaired) electrons. The highest BCUT2D eigenvalue weighted by Crippen LogP contribution is 2.28. The Kier molecular flexibility index (Phi) is 6.38. The number of ether oxygens (including phenoxy) is 1. The first kappa shape index (κ1) is 20.4. The summed E-state index contributed by atoms with van der Waals surface area (Å²) in [5, 5.41) is 8.79. The van der Waals surface area contributed by atoms with E-state index in [0.29, 0.717) is 38.3 Å². The summed E-state index contributed by atoms with van der Waals surface area (Å²) < 4.78 is 6.61. The predicted octanol–water partition coefficient (Wildman–Crippen LogP) is 4.31. The molecule has 0 bridgehead atoms. The molecule has 3 rings (SSSR count). The molecule has 3 aromatic heterocycles. The monoisotopic (exact) mass is 438 g/mol. The molecule has 0 spiro atoms. The highest BCUT2D eigenvalue weighted by Gasteiger charge is 2.19. The molecule has 0 atom stereocenters. The average Bonchev–Trinajstić information content (AvgIpc) is 3.01. The molecule has 8 nitrogen and oxygen atoms in total. The molecule has 0 amide bonds. The molecule has 0 aromatic carbocycles. The summed E-state index contributed by atoms with van der Waals surface area (Å²) in [6.45, 7) is 3.80. The van der Waals surface area contributed by atoms with Gasteiger partial charge in [0.2, 0.25) is 0 Å². The smallest absolute Gasteiger partial charge is 0.343 e. The van der Waals surface area contributed by atoms with Crippen LogP contribution in [0.4, 0.5) is 11.6 Å². The lowest BCUT2D eigenvalue weighted by Gasteiger charge is -2.13. The number of aromatic nitrogens is 5. The summed E-state index contributed by atoms with van der Waals surface area (Å²) in [5.74, 6) is 0.677. The van der Waals surface area contributed by atoms with Crippen LogP contribution in [-0.4, -0.2) is 43.6 Å². The van der Waals surface area contributed by atoms with Gasteiger partial charge in [-0.3, -0.25) is 0 Å². The number of anilines is 2. The maximum Gasteiger partial charge on any atom is 0.343 e. The van der Waals surface area contributed by atoms with Crippen LogP contribution in [0.3, 0.4) is 0 Å². The molecule has 0 aliphatic heterocycles. The molecule has 1 N–H and O–H groups in total. The summed E-state index contributed by atoms with van der Waals surface area (Å²) >= 11 is 13.6. The second kappa shape index (κ2) is 8.76.